The smallest absolute Gasteiger partial charge is 0.266 e. The number of aromatic nitrogens is 2. The Morgan fingerprint density at radius 1 is 0.875 bits per heavy atom. The molecule has 0 N–H and O–H groups in total. The molecule has 5 rings (SSSR count). The van der Waals surface area contributed by atoms with Crippen LogP contribution in [0.15, 0.2) is 95.8 Å². The normalized spacial score (nSPS) is 12.0. The lowest BCUT2D eigenvalue weighted by molar-refractivity contribution is 0.0679. The summed E-state index contributed by atoms with van der Waals surface area (Å²) in [6.45, 7) is 7.03. The zero-order valence-corrected chi connectivity index (χ0v) is 23.3. The molecule has 1 amide bonds. The molecule has 0 aliphatic carbocycles. The third kappa shape index (κ3) is 5.22. The molecule has 1 unspecified atom stereocenters. The van der Waals surface area contributed by atoms with Gasteiger partial charge in [-0.2, -0.15) is 0 Å². The van der Waals surface area contributed by atoms with Gasteiger partial charge in [-0.1, -0.05) is 80.4 Å². The summed E-state index contributed by atoms with van der Waals surface area (Å²) in [6, 6.07) is 28.1. The molecule has 0 aliphatic rings. The molecular formula is C34H35N3O3. The van der Waals surface area contributed by atoms with Crippen LogP contribution in [0.2, 0.25) is 0 Å². The Labute approximate surface area is 234 Å². The fourth-order valence-corrected chi connectivity index (χ4v) is 5.29. The van der Waals surface area contributed by atoms with Crippen molar-refractivity contribution >= 4 is 27.6 Å². The first-order valence-corrected chi connectivity index (χ1v) is 14.1. The second-order valence-corrected chi connectivity index (χ2v) is 9.94. The molecule has 40 heavy (non-hydrogen) atoms. The highest BCUT2D eigenvalue weighted by molar-refractivity contribution is 6.07. The number of unbranched alkanes of at least 4 members (excludes halogenated alkanes) is 2. The van der Waals surface area contributed by atoms with Gasteiger partial charge >= 0.3 is 0 Å². The average Bonchev–Trinajstić information content (AvgIpc) is 2.99. The minimum atomic E-state index is -0.490. The summed E-state index contributed by atoms with van der Waals surface area (Å²) in [5.74, 6) is 1.02. The van der Waals surface area contributed by atoms with Crippen molar-refractivity contribution in [3.8, 4) is 11.4 Å². The van der Waals surface area contributed by atoms with Crippen molar-refractivity contribution in [2.45, 2.75) is 46.1 Å². The summed E-state index contributed by atoms with van der Waals surface area (Å²) in [7, 11) is 0. The average molecular weight is 534 g/mol. The summed E-state index contributed by atoms with van der Waals surface area (Å²) in [4.78, 5) is 35.3. The van der Waals surface area contributed by atoms with Gasteiger partial charge in [0.05, 0.1) is 29.2 Å². The van der Waals surface area contributed by atoms with Crippen molar-refractivity contribution in [1.29, 1.82) is 0 Å². The molecule has 0 saturated carbocycles. The third-order valence-electron chi connectivity index (χ3n) is 7.33. The van der Waals surface area contributed by atoms with Gasteiger partial charge in [-0.05, 0) is 61.4 Å². The molecule has 4 aromatic carbocycles. The number of rotatable bonds is 10. The Hall–Kier alpha value is -4.45. The number of hydrogen-bond donors (Lipinski definition) is 0. The Bertz CT molecular complexity index is 1700. The summed E-state index contributed by atoms with van der Waals surface area (Å²) in [5.41, 5.74) is 1.67. The van der Waals surface area contributed by atoms with Crippen LogP contribution in [0.5, 0.6) is 5.75 Å². The minimum absolute atomic E-state index is 0.0764. The molecule has 0 aliphatic heterocycles. The van der Waals surface area contributed by atoms with E-state index in [0.717, 1.165) is 30.0 Å². The van der Waals surface area contributed by atoms with Gasteiger partial charge in [0.1, 0.15) is 11.6 Å². The first kappa shape index (κ1) is 27.1. The molecule has 0 saturated heterocycles. The zero-order chi connectivity index (χ0) is 28.1. The first-order valence-electron chi connectivity index (χ1n) is 14.1. The standard InChI is InChI=1S/C34H35N3O3/c1-4-6-13-23-36(33(38)27-19-14-16-25-15-7-8-17-26(25)27)24(3)32-35-29-20-10-9-18-28(29)34(39)37(32)30-21-11-12-22-31(30)40-5-2/h7-12,14-22,24H,4-6,13,23H2,1-3H3. The maximum absolute atomic E-state index is 14.3. The fourth-order valence-electron chi connectivity index (χ4n) is 5.29. The third-order valence-corrected chi connectivity index (χ3v) is 7.33. The molecule has 1 heterocycles. The first-order chi connectivity index (χ1) is 19.5. The van der Waals surface area contributed by atoms with Crippen LogP contribution in [0, 0.1) is 0 Å². The molecule has 204 valence electrons. The fraction of sp³-hybridized carbons (Fsp3) is 0.265. The number of nitrogens with zero attached hydrogens (tertiary/aromatic N) is 3. The monoisotopic (exact) mass is 533 g/mol. The second-order valence-electron chi connectivity index (χ2n) is 9.94. The lowest BCUT2D eigenvalue weighted by Crippen LogP contribution is -2.38. The predicted molar refractivity (Wildman–Crippen MR) is 161 cm³/mol. The molecule has 1 aromatic heterocycles. The molecular weight excluding hydrogens is 498 g/mol. The molecule has 0 radical (unpaired) electrons. The van der Waals surface area contributed by atoms with E-state index in [-0.39, 0.29) is 11.5 Å². The van der Waals surface area contributed by atoms with Gasteiger partial charge in [0.2, 0.25) is 0 Å². The topological polar surface area (TPSA) is 64.4 Å². The number of benzene rings is 4. The Morgan fingerprint density at radius 2 is 1.57 bits per heavy atom. The van der Waals surface area contributed by atoms with Gasteiger partial charge < -0.3 is 9.64 Å². The van der Waals surface area contributed by atoms with E-state index in [1.165, 1.54) is 0 Å². The molecule has 0 bridgehead atoms. The highest BCUT2D eigenvalue weighted by atomic mass is 16.5. The van der Waals surface area contributed by atoms with Crippen molar-refractivity contribution in [2.75, 3.05) is 13.2 Å². The zero-order valence-electron chi connectivity index (χ0n) is 23.3. The molecule has 6 nitrogen and oxygen atoms in total. The number of fused-ring (bicyclic) bond motifs is 2. The van der Waals surface area contributed by atoms with Crippen molar-refractivity contribution in [1.82, 2.24) is 14.5 Å². The van der Waals surface area contributed by atoms with Crippen LogP contribution in [0.25, 0.3) is 27.4 Å². The lowest BCUT2D eigenvalue weighted by Gasteiger charge is -2.31. The van der Waals surface area contributed by atoms with Crippen LogP contribution < -0.4 is 10.3 Å². The molecule has 6 heteroatoms. The number of amides is 1. The summed E-state index contributed by atoms with van der Waals surface area (Å²) in [5, 5.41) is 2.44. The van der Waals surface area contributed by atoms with Crippen molar-refractivity contribution in [3.05, 3.63) is 113 Å². The van der Waals surface area contributed by atoms with Crippen LogP contribution in [-0.2, 0) is 0 Å². The van der Waals surface area contributed by atoms with E-state index in [2.05, 4.69) is 6.92 Å². The summed E-state index contributed by atoms with van der Waals surface area (Å²) < 4.78 is 7.56. The van der Waals surface area contributed by atoms with Crippen LogP contribution in [-0.4, -0.2) is 33.5 Å². The number of carbonyl (C=O) groups is 1. The van der Waals surface area contributed by atoms with Gasteiger partial charge in [-0.25, -0.2) is 4.98 Å². The Kier molecular flexibility index (Phi) is 8.25. The van der Waals surface area contributed by atoms with E-state index in [1.54, 1.807) is 10.6 Å². The van der Waals surface area contributed by atoms with Crippen molar-refractivity contribution in [3.63, 3.8) is 0 Å². The summed E-state index contributed by atoms with van der Waals surface area (Å²) in [6.07, 6.45) is 2.88. The Balaban J connectivity index is 1.71. The number of hydrogen-bond acceptors (Lipinski definition) is 4. The van der Waals surface area contributed by atoms with E-state index in [4.69, 9.17) is 9.72 Å². The van der Waals surface area contributed by atoms with Gasteiger partial charge in [0, 0.05) is 12.1 Å². The largest absolute Gasteiger partial charge is 0.492 e. The van der Waals surface area contributed by atoms with E-state index in [0.29, 0.717) is 46.9 Å². The van der Waals surface area contributed by atoms with E-state index in [1.807, 2.05) is 104 Å². The maximum atomic E-state index is 14.3. The van der Waals surface area contributed by atoms with Gasteiger partial charge in [0.25, 0.3) is 11.5 Å². The van der Waals surface area contributed by atoms with E-state index >= 15 is 0 Å². The van der Waals surface area contributed by atoms with Crippen molar-refractivity contribution < 1.29 is 9.53 Å². The lowest BCUT2D eigenvalue weighted by atomic mass is 10.0. The maximum Gasteiger partial charge on any atom is 0.266 e. The van der Waals surface area contributed by atoms with E-state index in [9.17, 15) is 9.59 Å². The van der Waals surface area contributed by atoms with Crippen LogP contribution >= 0.6 is 0 Å². The number of carbonyl (C=O) groups excluding carboxylic acids is 1. The van der Waals surface area contributed by atoms with Crippen molar-refractivity contribution in [2.24, 2.45) is 0 Å². The van der Waals surface area contributed by atoms with Crippen LogP contribution in [0.1, 0.15) is 62.3 Å². The van der Waals surface area contributed by atoms with Crippen LogP contribution in [0.3, 0.4) is 0 Å². The highest BCUT2D eigenvalue weighted by Gasteiger charge is 2.29. The SMILES string of the molecule is CCCCCN(C(=O)c1cccc2ccccc12)C(C)c1nc2ccccc2c(=O)n1-c1ccccc1OCC. The molecule has 0 fully saturated rings. The van der Waals surface area contributed by atoms with Gasteiger partial charge in [-0.15, -0.1) is 0 Å². The van der Waals surface area contributed by atoms with Crippen LogP contribution in [0.4, 0.5) is 0 Å². The summed E-state index contributed by atoms with van der Waals surface area (Å²) >= 11 is 0. The second kappa shape index (κ2) is 12.2. The molecule has 1 atom stereocenters. The highest BCUT2D eigenvalue weighted by Crippen LogP contribution is 2.30. The molecule has 5 aromatic rings. The quantitative estimate of drug-likeness (QED) is 0.176. The minimum Gasteiger partial charge on any atom is -0.492 e. The van der Waals surface area contributed by atoms with Gasteiger partial charge in [-0.3, -0.25) is 14.2 Å². The number of para-hydroxylation sites is 3. The van der Waals surface area contributed by atoms with Gasteiger partial charge in [0.15, 0.2) is 0 Å². The number of ether oxygens (including phenoxy) is 1. The Morgan fingerprint density at radius 3 is 2.38 bits per heavy atom. The molecule has 0 spiro atoms. The predicted octanol–water partition coefficient (Wildman–Crippen LogP) is 7.33. The van der Waals surface area contributed by atoms with E-state index < -0.39 is 6.04 Å².